The largest absolute Gasteiger partial charge is 0.351 e. The van der Waals surface area contributed by atoms with Crippen molar-refractivity contribution in [3.63, 3.8) is 0 Å². The van der Waals surface area contributed by atoms with Gasteiger partial charge in [-0.3, -0.25) is 14.4 Å². The van der Waals surface area contributed by atoms with Crippen LogP contribution >= 0.6 is 0 Å². The van der Waals surface area contributed by atoms with Gasteiger partial charge in [-0.2, -0.15) is 0 Å². The van der Waals surface area contributed by atoms with E-state index in [0.29, 0.717) is 18.8 Å². The van der Waals surface area contributed by atoms with Crippen molar-refractivity contribution in [2.24, 2.45) is 5.92 Å². The number of carbonyl (C=O) groups is 3. The highest BCUT2D eigenvalue weighted by atomic mass is 16.2. The van der Waals surface area contributed by atoms with Crippen LogP contribution in [0.3, 0.4) is 0 Å². The van der Waals surface area contributed by atoms with Crippen LogP contribution in [-0.4, -0.2) is 41.8 Å². The van der Waals surface area contributed by atoms with Gasteiger partial charge in [-0.15, -0.1) is 0 Å². The molecule has 6 heteroatoms. The Labute approximate surface area is 149 Å². The lowest BCUT2D eigenvalue weighted by Gasteiger charge is -2.33. The Kier molecular flexibility index (Phi) is 6.56. The van der Waals surface area contributed by atoms with Gasteiger partial charge in [0, 0.05) is 30.7 Å². The van der Waals surface area contributed by atoms with E-state index in [1.807, 2.05) is 39.0 Å². The molecule has 1 saturated heterocycles. The molecule has 2 rings (SSSR count). The van der Waals surface area contributed by atoms with Gasteiger partial charge in [-0.05, 0) is 30.9 Å². The third kappa shape index (κ3) is 5.05. The van der Waals surface area contributed by atoms with Crippen LogP contribution in [0.5, 0.6) is 0 Å². The zero-order valence-electron chi connectivity index (χ0n) is 15.2. The maximum Gasteiger partial charge on any atom is 0.313 e. The summed E-state index contributed by atoms with van der Waals surface area (Å²) in [4.78, 5) is 38.2. The first-order valence-electron chi connectivity index (χ1n) is 8.90. The van der Waals surface area contributed by atoms with Gasteiger partial charge in [-0.25, -0.2) is 0 Å². The molecule has 1 unspecified atom stereocenters. The monoisotopic (exact) mass is 345 g/mol. The number of amides is 3. The average molecular weight is 345 g/mol. The lowest BCUT2D eigenvalue weighted by atomic mass is 10.0. The molecule has 1 atom stereocenters. The first kappa shape index (κ1) is 19.0. The van der Waals surface area contributed by atoms with E-state index >= 15 is 0 Å². The molecule has 0 spiro atoms. The highest BCUT2D eigenvalue weighted by Crippen LogP contribution is 2.16. The minimum atomic E-state index is -0.628. The lowest BCUT2D eigenvalue weighted by molar-refractivity contribution is -0.144. The summed E-state index contributed by atoms with van der Waals surface area (Å²) in [7, 11) is 0. The molecule has 2 N–H and O–H groups in total. The van der Waals surface area contributed by atoms with Gasteiger partial charge >= 0.3 is 11.8 Å². The number of hydrogen-bond acceptors (Lipinski definition) is 3. The topological polar surface area (TPSA) is 78.5 Å². The second kappa shape index (κ2) is 8.65. The first-order valence-corrected chi connectivity index (χ1v) is 8.90. The summed E-state index contributed by atoms with van der Waals surface area (Å²) < 4.78 is 0. The van der Waals surface area contributed by atoms with E-state index in [-0.39, 0.29) is 17.9 Å². The molecule has 1 aromatic rings. The molecule has 0 aliphatic carbocycles. The van der Waals surface area contributed by atoms with Crippen molar-refractivity contribution in [1.82, 2.24) is 10.2 Å². The minimum Gasteiger partial charge on any atom is -0.351 e. The summed E-state index contributed by atoms with van der Waals surface area (Å²) in [5, 5.41) is 5.66. The van der Waals surface area contributed by atoms with Crippen molar-refractivity contribution < 1.29 is 14.4 Å². The van der Waals surface area contributed by atoms with Gasteiger partial charge in [-0.1, -0.05) is 39.0 Å². The van der Waals surface area contributed by atoms with Crippen LogP contribution < -0.4 is 10.6 Å². The molecule has 1 aromatic carbocycles. The summed E-state index contributed by atoms with van der Waals surface area (Å²) >= 11 is 0. The van der Waals surface area contributed by atoms with Gasteiger partial charge < -0.3 is 15.5 Å². The summed E-state index contributed by atoms with van der Waals surface area (Å²) in [6, 6.07) is 7.37. The Morgan fingerprint density at radius 2 is 1.96 bits per heavy atom. The maximum absolute atomic E-state index is 12.5. The van der Waals surface area contributed by atoms with Crippen LogP contribution in [0.4, 0.5) is 5.69 Å². The second-order valence-electron chi connectivity index (χ2n) is 6.72. The van der Waals surface area contributed by atoms with E-state index in [4.69, 9.17) is 0 Å². The molecule has 1 heterocycles. The Morgan fingerprint density at radius 1 is 1.24 bits per heavy atom. The fourth-order valence-electron chi connectivity index (χ4n) is 2.92. The number of para-hydroxylation sites is 1. The predicted octanol–water partition coefficient (Wildman–Crippen LogP) is 1.95. The smallest absolute Gasteiger partial charge is 0.313 e. The SMILES string of the molecule is CCc1ccccc1NC(=O)C(=O)N1CCCC(NC(=O)C(C)C)C1. The molecule has 1 fully saturated rings. The standard InChI is InChI=1S/C19H27N3O3/c1-4-14-8-5-6-10-16(14)21-18(24)19(25)22-11-7-9-15(12-22)20-17(23)13(2)3/h5-6,8,10,13,15H,4,7,9,11-12H2,1-3H3,(H,20,23)(H,21,24). The quantitative estimate of drug-likeness (QED) is 0.819. The zero-order chi connectivity index (χ0) is 18.4. The average Bonchev–Trinajstić information content (AvgIpc) is 2.61. The summed E-state index contributed by atoms with van der Waals surface area (Å²) in [5.74, 6) is -1.30. The minimum absolute atomic E-state index is 0.0272. The van der Waals surface area contributed by atoms with Crippen molar-refractivity contribution in [1.29, 1.82) is 0 Å². The maximum atomic E-state index is 12.5. The Bertz CT molecular complexity index is 643. The van der Waals surface area contributed by atoms with Crippen molar-refractivity contribution >= 4 is 23.4 Å². The lowest BCUT2D eigenvalue weighted by Crippen LogP contribution is -2.52. The molecule has 0 aromatic heterocycles. The van der Waals surface area contributed by atoms with Gasteiger partial charge in [0.15, 0.2) is 0 Å². The molecule has 3 amide bonds. The molecule has 136 valence electrons. The van der Waals surface area contributed by atoms with Gasteiger partial charge in [0.05, 0.1) is 0 Å². The van der Waals surface area contributed by atoms with Crippen LogP contribution in [0, 0.1) is 5.92 Å². The molecule has 0 saturated carbocycles. The number of rotatable bonds is 4. The number of likely N-dealkylation sites (tertiary alicyclic amines) is 1. The van der Waals surface area contributed by atoms with Crippen molar-refractivity contribution in [2.75, 3.05) is 18.4 Å². The van der Waals surface area contributed by atoms with Gasteiger partial charge in [0.2, 0.25) is 5.91 Å². The number of anilines is 1. The fourth-order valence-corrected chi connectivity index (χ4v) is 2.92. The number of piperidine rings is 1. The number of aryl methyl sites for hydroxylation is 1. The van der Waals surface area contributed by atoms with Crippen molar-refractivity contribution in [3.8, 4) is 0 Å². The normalized spacial score (nSPS) is 17.3. The van der Waals surface area contributed by atoms with E-state index in [1.54, 1.807) is 6.07 Å². The Balaban J connectivity index is 1.97. The van der Waals surface area contributed by atoms with Crippen molar-refractivity contribution in [2.45, 2.75) is 46.1 Å². The van der Waals surface area contributed by atoms with E-state index in [1.165, 1.54) is 4.90 Å². The molecule has 1 aliphatic rings. The predicted molar refractivity (Wildman–Crippen MR) is 97.0 cm³/mol. The van der Waals surface area contributed by atoms with E-state index in [9.17, 15) is 14.4 Å². The number of hydrogen-bond donors (Lipinski definition) is 2. The molecule has 1 aliphatic heterocycles. The number of benzene rings is 1. The summed E-state index contributed by atoms with van der Waals surface area (Å²) in [5.41, 5.74) is 1.66. The van der Waals surface area contributed by atoms with Crippen LogP contribution in [0.1, 0.15) is 39.2 Å². The van der Waals surface area contributed by atoms with E-state index < -0.39 is 11.8 Å². The van der Waals surface area contributed by atoms with Crippen molar-refractivity contribution in [3.05, 3.63) is 29.8 Å². The summed E-state index contributed by atoms with van der Waals surface area (Å²) in [6.07, 6.45) is 2.37. The highest BCUT2D eigenvalue weighted by Gasteiger charge is 2.29. The van der Waals surface area contributed by atoms with Gasteiger partial charge in [0.1, 0.15) is 0 Å². The molecular weight excluding hydrogens is 318 g/mol. The fraction of sp³-hybridized carbons (Fsp3) is 0.526. The third-order valence-corrected chi connectivity index (χ3v) is 4.42. The number of carbonyl (C=O) groups excluding carboxylic acids is 3. The molecular formula is C19H27N3O3. The van der Waals surface area contributed by atoms with E-state index in [2.05, 4.69) is 10.6 Å². The van der Waals surface area contributed by atoms with Crippen LogP contribution in [0.15, 0.2) is 24.3 Å². The number of nitrogens with zero attached hydrogens (tertiary/aromatic N) is 1. The number of nitrogens with one attached hydrogen (secondary N) is 2. The third-order valence-electron chi connectivity index (χ3n) is 4.42. The molecule has 0 bridgehead atoms. The second-order valence-corrected chi connectivity index (χ2v) is 6.72. The van der Waals surface area contributed by atoms with Crippen LogP contribution in [0.2, 0.25) is 0 Å². The highest BCUT2D eigenvalue weighted by molar-refractivity contribution is 6.39. The van der Waals surface area contributed by atoms with Crippen LogP contribution in [-0.2, 0) is 20.8 Å². The molecule has 25 heavy (non-hydrogen) atoms. The Hall–Kier alpha value is -2.37. The summed E-state index contributed by atoms with van der Waals surface area (Å²) in [6.45, 7) is 6.58. The molecule has 6 nitrogen and oxygen atoms in total. The molecule has 0 radical (unpaired) electrons. The van der Waals surface area contributed by atoms with E-state index in [0.717, 1.165) is 24.8 Å². The first-order chi connectivity index (χ1) is 11.9. The van der Waals surface area contributed by atoms with Crippen LogP contribution in [0.25, 0.3) is 0 Å². The zero-order valence-corrected chi connectivity index (χ0v) is 15.2. The van der Waals surface area contributed by atoms with Gasteiger partial charge in [0.25, 0.3) is 0 Å². The Morgan fingerprint density at radius 3 is 2.64 bits per heavy atom.